The van der Waals surface area contributed by atoms with Gasteiger partial charge in [-0.25, -0.2) is 8.42 Å². The van der Waals surface area contributed by atoms with Crippen molar-refractivity contribution in [3.63, 3.8) is 0 Å². The molecule has 1 aromatic carbocycles. The maximum absolute atomic E-state index is 12.2. The van der Waals surface area contributed by atoms with Crippen molar-refractivity contribution in [2.45, 2.75) is 49.8 Å². The van der Waals surface area contributed by atoms with Crippen LogP contribution in [-0.2, 0) is 22.7 Å². The molecule has 0 atom stereocenters. The lowest BCUT2D eigenvalue weighted by atomic mass is 10.0. The molecular formula is C17H22N2O3S. The zero-order valence-corrected chi connectivity index (χ0v) is 14.0. The summed E-state index contributed by atoms with van der Waals surface area (Å²) in [6.07, 6.45) is 7.43. The number of aromatic nitrogens is 2. The third-order valence-electron chi connectivity index (χ3n) is 4.45. The van der Waals surface area contributed by atoms with Gasteiger partial charge in [0.05, 0.1) is 10.6 Å². The molecule has 2 aromatic rings. The van der Waals surface area contributed by atoms with Crippen molar-refractivity contribution in [3.8, 4) is 0 Å². The first-order valence-corrected chi connectivity index (χ1v) is 9.88. The molecule has 0 spiro atoms. The predicted octanol–water partition coefficient (Wildman–Crippen LogP) is 3.21. The second-order valence-corrected chi connectivity index (χ2v) is 8.28. The van der Waals surface area contributed by atoms with Gasteiger partial charge < -0.3 is 4.52 Å². The highest BCUT2D eigenvalue weighted by Gasteiger charge is 2.18. The van der Waals surface area contributed by atoms with Gasteiger partial charge in [-0.2, -0.15) is 4.98 Å². The first-order valence-electron chi connectivity index (χ1n) is 8.23. The van der Waals surface area contributed by atoms with E-state index in [0.29, 0.717) is 16.6 Å². The molecule has 1 saturated carbocycles. The summed E-state index contributed by atoms with van der Waals surface area (Å²) in [6.45, 7) is 0. The zero-order chi connectivity index (χ0) is 16.1. The topological polar surface area (TPSA) is 73.1 Å². The molecule has 0 N–H and O–H groups in total. The van der Waals surface area contributed by atoms with Crippen LogP contribution in [0.4, 0.5) is 0 Å². The molecule has 23 heavy (non-hydrogen) atoms. The summed E-state index contributed by atoms with van der Waals surface area (Å²) in [4.78, 5) is 4.66. The van der Waals surface area contributed by atoms with Crippen LogP contribution in [0.1, 0.15) is 43.8 Å². The Kier molecular flexibility index (Phi) is 5.10. The Morgan fingerprint density at radius 1 is 1.09 bits per heavy atom. The molecule has 5 nitrogen and oxygen atoms in total. The van der Waals surface area contributed by atoms with Crippen molar-refractivity contribution in [2.24, 2.45) is 5.92 Å². The van der Waals surface area contributed by atoms with Crippen LogP contribution in [0.5, 0.6) is 0 Å². The Hall–Kier alpha value is -1.69. The van der Waals surface area contributed by atoms with Crippen LogP contribution < -0.4 is 0 Å². The molecule has 3 rings (SSSR count). The number of hydrogen-bond donors (Lipinski definition) is 0. The van der Waals surface area contributed by atoms with E-state index in [-0.39, 0.29) is 12.2 Å². The first kappa shape index (κ1) is 16.2. The maximum atomic E-state index is 12.2. The lowest BCUT2D eigenvalue weighted by molar-refractivity contribution is 0.358. The van der Waals surface area contributed by atoms with Crippen molar-refractivity contribution < 1.29 is 12.9 Å². The van der Waals surface area contributed by atoms with Gasteiger partial charge in [0.2, 0.25) is 5.89 Å². The van der Waals surface area contributed by atoms with Crippen LogP contribution in [-0.4, -0.2) is 24.3 Å². The maximum Gasteiger partial charge on any atom is 0.226 e. The lowest BCUT2D eigenvalue weighted by Crippen LogP contribution is -2.10. The number of sulfone groups is 1. The van der Waals surface area contributed by atoms with Crippen molar-refractivity contribution >= 4 is 9.84 Å². The van der Waals surface area contributed by atoms with Gasteiger partial charge in [-0.3, -0.25) is 0 Å². The molecule has 1 aromatic heterocycles. The summed E-state index contributed by atoms with van der Waals surface area (Å²) in [5, 5.41) is 3.91. The van der Waals surface area contributed by atoms with Crippen LogP contribution in [0.15, 0.2) is 39.8 Å². The van der Waals surface area contributed by atoms with E-state index in [9.17, 15) is 8.42 Å². The number of aryl methyl sites for hydroxylation is 2. The second-order valence-electron chi connectivity index (χ2n) is 6.18. The van der Waals surface area contributed by atoms with Gasteiger partial charge in [-0.05, 0) is 24.5 Å². The molecule has 6 heteroatoms. The molecule has 1 aliphatic carbocycles. The zero-order valence-electron chi connectivity index (χ0n) is 13.1. The molecule has 1 fully saturated rings. The molecule has 0 amide bonds. The van der Waals surface area contributed by atoms with Crippen molar-refractivity contribution in [1.29, 1.82) is 0 Å². The highest BCUT2D eigenvalue weighted by molar-refractivity contribution is 7.91. The summed E-state index contributed by atoms with van der Waals surface area (Å²) in [6, 6.07) is 8.47. The monoisotopic (exact) mass is 334 g/mol. The highest BCUT2D eigenvalue weighted by Crippen LogP contribution is 2.28. The largest absolute Gasteiger partial charge is 0.339 e. The summed E-state index contributed by atoms with van der Waals surface area (Å²) in [5.41, 5.74) is 0. The number of nitrogens with zero attached hydrogens (tertiary/aromatic N) is 2. The van der Waals surface area contributed by atoms with Crippen molar-refractivity contribution in [3.05, 3.63) is 42.0 Å². The van der Waals surface area contributed by atoms with Gasteiger partial charge in [0.25, 0.3) is 0 Å². The number of hydrogen-bond acceptors (Lipinski definition) is 5. The van der Waals surface area contributed by atoms with E-state index in [2.05, 4.69) is 10.1 Å². The van der Waals surface area contributed by atoms with E-state index < -0.39 is 9.84 Å². The third-order valence-corrected chi connectivity index (χ3v) is 6.18. The summed E-state index contributed by atoms with van der Waals surface area (Å²) in [5.74, 6) is 1.89. The molecule has 1 heterocycles. The van der Waals surface area contributed by atoms with Gasteiger partial charge >= 0.3 is 0 Å². The van der Waals surface area contributed by atoms with Crippen LogP contribution in [0.3, 0.4) is 0 Å². The molecule has 0 unspecified atom stereocenters. The number of benzene rings is 1. The molecular weight excluding hydrogens is 312 g/mol. The van der Waals surface area contributed by atoms with Gasteiger partial charge in [0.15, 0.2) is 15.7 Å². The van der Waals surface area contributed by atoms with E-state index >= 15 is 0 Å². The Balaban J connectivity index is 1.52. The van der Waals surface area contributed by atoms with E-state index in [4.69, 9.17) is 4.52 Å². The van der Waals surface area contributed by atoms with Crippen LogP contribution in [0, 0.1) is 5.92 Å². The van der Waals surface area contributed by atoms with Crippen LogP contribution in [0.2, 0.25) is 0 Å². The average molecular weight is 334 g/mol. The fourth-order valence-electron chi connectivity index (χ4n) is 3.09. The quantitative estimate of drug-likeness (QED) is 0.777. The van der Waals surface area contributed by atoms with Gasteiger partial charge in [0.1, 0.15) is 0 Å². The molecule has 0 saturated heterocycles. The van der Waals surface area contributed by atoms with Gasteiger partial charge in [-0.1, -0.05) is 49.0 Å². The standard InChI is InChI=1S/C17H22N2O3S/c20-23(21,15-8-2-1-3-9-15)13-12-16-18-17(22-19-16)11-10-14-6-4-5-7-14/h1-3,8-9,14H,4-7,10-13H2. The normalized spacial score (nSPS) is 16.0. The first-order chi connectivity index (χ1) is 11.1. The Morgan fingerprint density at radius 2 is 1.83 bits per heavy atom. The van der Waals surface area contributed by atoms with Gasteiger partial charge in [0, 0.05) is 12.8 Å². The predicted molar refractivity (Wildman–Crippen MR) is 86.8 cm³/mol. The van der Waals surface area contributed by atoms with Gasteiger partial charge in [-0.15, -0.1) is 0 Å². The minimum absolute atomic E-state index is 0.00138. The highest BCUT2D eigenvalue weighted by atomic mass is 32.2. The van der Waals surface area contributed by atoms with E-state index in [1.807, 2.05) is 0 Å². The smallest absolute Gasteiger partial charge is 0.226 e. The van der Waals surface area contributed by atoms with Crippen LogP contribution in [0.25, 0.3) is 0 Å². The Labute approximate surface area is 137 Å². The summed E-state index contributed by atoms with van der Waals surface area (Å²) in [7, 11) is -3.30. The molecule has 1 aliphatic rings. The molecule has 0 radical (unpaired) electrons. The minimum Gasteiger partial charge on any atom is -0.339 e. The minimum atomic E-state index is -3.30. The summed E-state index contributed by atoms with van der Waals surface area (Å²) >= 11 is 0. The fraction of sp³-hybridized carbons (Fsp3) is 0.529. The van der Waals surface area contributed by atoms with E-state index in [1.54, 1.807) is 30.3 Å². The number of rotatable bonds is 7. The lowest BCUT2D eigenvalue weighted by Gasteiger charge is -2.04. The van der Waals surface area contributed by atoms with Crippen molar-refractivity contribution in [2.75, 3.05) is 5.75 Å². The Bertz CT molecular complexity index is 719. The summed E-state index contributed by atoms with van der Waals surface area (Å²) < 4.78 is 29.7. The Morgan fingerprint density at radius 3 is 2.57 bits per heavy atom. The second kappa shape index (κ2) is 7.25. The fourth-order valence-corrected chi connectivity index (χ4v) is 4.35. The molecule has 0 aliphatic heterocycles. The van der Waals surface area contributed by atoms with E-state index in [0.717, 1.165) is 18.8 Å². The van der Waals surface area contributed by atoms with Crippen LogP contribution >= 0.6 is 0 Å². The molecule has 0 bridgehead atoms. The third kappa shape index (κ3) is 4.41. The average Bonchev–Trinajstić information content (AvgIpc) is 3.23. The van der Waals surface area contributed by atoms with Crippen molar-refractivity contribution in [1.82, 2.24) is 10.1 Å². The molecule has 124 valence electrons. The SMILES string of the molecule is O=S(=O)(CCc1noc(CCC2CCCC2)n1)c1ccccc1. The van der Waals surface area contributed by atoms with E-state index in [1.165, 1.54) is 25.7 Å².